The first-order chi connectivity index (χ1) is 16.2. The molecule has 0 atom stereocenters. The van der Waals surface area contributed by atoms with Crippen LogP contribution in [0.5, 0.6) is 5.75 Å². The number of hydrogen-bond donors (Lipinski definition) is 2. The third kappa shape index (κ3) is 5.69. The Balaban J connectivity index is 2.13. The molecule has 8 nitrogen and oxygen atoms in total. The number of carbonyl (C=O) groups excluding carboxylic acids is 1. The van der Waals surface area contributed by atoms with Crippen LogP contribution in [0.3, 0.4) is 0 Å². The van der Waals surface area contributed by atoms with E-state index in [2.05, 4.69) is 9.72 Å². The molecule has 3 N–H and O–H groups in total. The number of carbonyl (C=O) groups is 1. The Kier molecular flexibility index (Phi) is 7.83. The van der Waals surface area contributed by atoms with Gasteiger partial charge in [-0.05, 0) is 30.0 Å². The second-order valence-electron chi connectivity index (χ2n) is 8.08. The van der Waals surface area contributed by atoms with E-state index in [4.69, 9.17) is 5.73 Å². The summed E-state index contributed by atoms with van der Waals surface area (Å²) in [5, 5.41) is 0. The number of rotatable bonds is 9. The molecule has 3 rings (SSSR count). The molecular weight excluding hydrogens is 446 g/mol. The number of nitrogens with zero attached hydrogens (tertiary/aromatic N) is 2. The van der Waals surface area contributed by atoms with Crippen molar-refractivity contribution in [3.05, 3.63) is 86.6 Å². The first kappa shape index (κ1) is 24.7. The number of para-hydroxylation sites is 1. The lowest BCUT2D eigenvalue weighted by Gasteiger charge is -2.26. The second kappa shape index (κ2) is 10.8. The maximum atomic E-state index is 13.5. The number of ether oxygens (including phenoxy) is 1. The quantitative estimate of drug-likeness (QED) is 0.496. The largest absolute Gasteiger partial charge is 0.434 e. The summed E-state index contributed by atoms with van der Waals surface area (Å²) in [6.45, 7) is 0.850. The molecule has 0 aliphatic carbocycles. The summed E-state index contributed by atoms with van der Waals surface area (Å²) in [7, 11) is 0. The molecule has 0 saturated heterocycles. The Bertz CT molecular complexity index is 1260. The lowest BCUT2D eigenvalue weighted by atomic mass is 10.1. The molecule has 10 heteroatoms. The van der Waals surface area contributed by atoms with E-state index in [-0.39, 0.29) is 41.8 Å². The SMILES string of the molecule is CC(C)CCN(C(=O)c1ccccc1OC(F)F)c1c(N)n(Cc2ccccc2)c(=O)[nH]c1=O. The van der Waals surface area contributed by atoms with Gasteiger partial charge in [0.25, 0.3) is 11.5 Å². The summed E-state index contributed by atoms with van der Waals surface area (Å²) in [6.07, 6.45) is 0.486. The highest BCUT2D eigenvalue weighted by molar-refractivity contribution is 6.08. The molecule has 3 aromatic rings. The fraction of sp³-hybridized carbons (Fsp3) is 0.292. The first-order valence-electron chi connectivity index (χ1n) is 10.7. The molecule has 180 valence electrons. The fourth-order valence-corrected chi connectivity index (χ4v) is 3.45. The van der Waals surface area contributed by atoms with Gasteiger partial charge < -0.3 is 15.4 Å². The van der Waals surface area contributed by atoms with Crippen LogP contribution < -0.4 is 26.6 Å². The molecule has 0 aliphatic rings. The average Bonchev–Trinajstić information content (AvgIpc) is 2.79. The van der Waals surface area contributed by atoms with Crippen LogP contribution in [0.2, 0.25) is 0 Å². The van der Waals surface area contributed by atoms with Gasteiger partial charge in [0.05, 0.1) is 12.1 Å². The number of benzene rings is 2. The van der Waals surface area contributed by atoms with Gasteiger partial charge in [0.1, 0.15) is 11.6 Å². The maximum Gasteiger partial charge on any atom is 0.387 e. The van der Waals surface area contributed by atoms with Crippen LogP contribution in [0, 0.1) is 5.92 Å². The molecule has 1 amide bonds. The maximum absolute atomic E-state index is 13.5. The standard InChI is InChI=1S/C24H26F2N4O4/c1-15(2)12-13-29(22(32)17-10-6-7-11-18(17)34-23(25)26)19-20(27)30(24(33)28-21(19)31)14-16-8-4-3-5-9-16/h3-11,15,23H,12-14,27H2,1-2H3,(H,28,31,33). The molecule has 0 fully saturated rings. The van der Waals surface area contributed by atoms with Crippen molar-refractivity contribution in [3.63, 3.8) is 0 Å². The summed E-state index contributed by atoms with van der Waals surface area (Å²) in [4.78, 5) is 42.3. The number of halogens is 2. The van der Waals surface area contributed by atoms with Crippen LogP contribution in [0.15, 0.2) is 64.2 Å². The predicted molar refractivity (Wildman–Crippen MR) is 125 cm³/mol. The van der Waals surface area contributed by atoms with Crippen LogP contribution in [0.4, 0.5) is 20.3 Å². The van der Waals surface area contributed by atoms with Gasteiger partial charge in [-0.3, -0.25) is 19.1 Å². The number of nitrogen functional groups attached to an aromatic ring is 1. The Morgan fingerprint density at radius 2 is 1.74 bits per heavy atom. The van der Waals surface area contributed by atoms with E-state index in [0.29, 0.717) is 6.42 Å². The van der Waals surface area contributed by atoms with E-state index in [1.165, 1.54) is 24.3 Å². The van der Waals surface area contributed by atoms with Crippen LogP contribution in [0.1, 0.15) is 36.2 Å². The Morgan fingerprint density at radius 3 is 2.38 bits per heavy atom. The van der Waals surface area contributed by atoms with Gasteiger partial charge >= 0.3 is 12.3 Å². The zero-order valence-electron chi connectivity index (χ0n) is 18.8. The molecule has 1 aromatic heterocycles. The van der Waals surface area contributed by atoms with Crippen molar-refractivity contribution in [2.75, 3.05) is 17.2 Å². The zero-order chi connectivity index (χ0) is 24.8. The number of aromatic nitrogens is 2. The summed E-state index contributed by atoms with van der Waals surface area (Å²) >= 11 is 0. The number of amides is 1. The minimum absolute atomic E-state index is 0.0621. The molecular formula is C24H26F2N4O4. The number of aromatic amines is 1. The normalized spacial score (nSPS) is 11.1. The van der Waals surface area contributed by atoms with Crippen molar-refractivity contribution in [3.8, 4) is 5.75 Å². The number of nitrogens with one attached hydrogen (secondary N) is 1. The molecule has 0 unspecified atom stereocenters. The minimum atomic E-state index is -3.14. The summed E-state index contributed by atoms with van der Waals surface area (Å²) < 4.78 is 31.5. The van der Waals surface area contributed by atoms with E-state index in [0.717, 1.165) is 15.0 Å². The van der Waals surface area contributed by atoms with E-state index in [9.17, 15) is 23.2 Å². The van der Waals surface area contributed by atoms with Gasteiger partial charge in [0.2, 0.25) is 0 Å². The van der Waals surface area contributed by atoms with Crippen molar-refractivity contribution < 1.29 is 18.3 Å². The number of alkyl halides is 2. The van der Waals surface area contributed by atoms with Crippen LogP contribution in [-0.4, -0.2) is 28.6 Å². The Labute approximate surface area is 194 Å². The number of nitrogens with two attached hydrogens (primary N) is 1. The van der Waals surface area contributed by atoms with Crippen molar-refractivity contribution in [2.45, 2.75) is 33.4 Å². The predicted octanol–water partition coefficient (Wildman–Crippen LogP) is 3.46. The highest BCUT2D eigenvalue weighted by atomic mass is 19.3. The molecule has 0 radical (unpaired) electrons. The van der Waals surface area contributed by atoms with Crippen molar-refractivity contribution >= 4 is 17.4 Å². The Morgan fingerprint density at radius 1 is 1.09 bits per heavy atom. The summed E-state index contributed by atoms with van der Waals surface area (Å²) in [5.41, 5.74) is 5.06. The molecule has 0 aliphatic heterocycles. The third-order valence-corrected chi connectivity index (χ3v) is 5.18. The fourth-order valence-electron chi connectivity index (χ4n) is 3.45. The second-order valence-corrected chi connectivity index (χ2v) is 8.08. The van der Waals surface area contributed by atoms with Gasteiger partial charge in [-0.1, -0.05) is 56.3 Å². The first-order valence-corrected chi connectivity index (χ1v) is 10.7. The van der Waals surface area contributed by atoms with Gasteiger partial charge in [0.15, 0.2) is 5.69 Å². The molecule has 2 aromatic carbocycles. The minimum Gasteiger partial charge on any atom is -0.434 e. The lowest BCUT2D eigenvalue weighted by molar-refractivity contribution is -0.0501. The molecule has 0 saturated carbocycles. The third-order valence-electron chi connectivity index (χ3n) is 5.18. The Hall–Kier alpha value is -3.95. The number of H-pyrrole nitrogens is 1. The molecule has 0 bridgehead atoms. The van der Waals surface area contributed by atoms with E-state index in [1.54, 1.807) is 24.3 Å². The van der Waals surface area contributed by atoms with Crippen LogP contribution in [0.25, 0.3) is 0 Å². The van der Waals surface area contributed by atoms with Gasteiger partial charge in [0, 0.05) is 6.54 Å². The number of hydrogen-bond acceptors (Lipinski definition) is 5. The van der Waals surface area contributed by atoms with Gasteiger partial charge in [-0.25, -0.2) is 4.79 Å². The lowest BCUT2D eigenvalue weighted by Crippen LogP contribution is -2.42. The monoisotopic (exact) mass is 472 g/mol. The van der Waals surface area contributed by atoms with Crippen LogP contribution >= 0.6 is 0 Å². The van der Waals surface area contributed by atoms with Crippen molar-refractivity contribution in [1.82, 2.24) is 9.55 Å². The van der Waals surface area contributed by atoms with Crippen LogP contribution in [-0.2, 0) is 6.54 Å². The highest BCUT2D eigenvalue weighted by Crippen LogP contribution is 2.26. The topological polar surface area (TPSA) is 110 Å². The summed E-state index contributed by atoms with van der Waals surface area (Å²) in [6, 6.07) is 14.5. The van der Waals surface area contributed by atoms with Gasteiger partial charge in [-0.2, -0.15) is 8.78 Å². The van der Waals surface area contributed by atoms with E-state index in [1.807, 2.05) is 19.9 Å². The zero-order valence-corrected chi connectivity index (χ0v) is 18.8. The van der Waals surface area contributed by atoms with E-state index < -0.39 is 23.8 Å². The van der Waals surface area contributed by atoms with Gasteiger partial charge in [-0.15, -0.1) is 0 Å². The van der Waals surface area contributed by atoms with E-state index >= 15 is 0 Å². The molecule has 0 spiro atoms. The number of anilines is 2. The highest BCUT2D eigenvalue weighted by Gasteiger charge is 2.28. The smallest absolute Gasteiger partial charge is 0.387 e. The molecule has 34 heavy (non-hydrogen) atoms. The summed E-state index contributed by atoms with van der Waals surface area (Å²) in [5.74, 6) is -1.14. The average molecular weight is 472 g/mol. The molecule has 1 heterocycles. The van der Waals surface area contributed by atoms with Crippen molar-refractivity contribution in [2.24, 2.45) is 5.92 Å². The van der Waals surface area contributed by atoms with Crippen molar-refractivity contribution in [1.29, 1.82) is 0 Å².